The number of nitrogen functional groups attached to an aromatic ring is 1. The molecular formula is C27H27N9O. The minimum atomic E-state index is 0.0705. The smallest absolute Gasteiger partial charge is 0.225 e. The lowest BCUT2D eigenvalue weighted by Crippen LogP contribution is -2.36. The first-order valence-corrected chi connectivity index (χ1v) is 12.2. The normalized spacial score (nSPS) is 14.6. The maximum Gasteiger partial charge on any atom is 0.225 e. The second-order valence-corrected chi connectivity index (χ2v) is 8.90. The van der Waals surface area contributed by atoms with Gasteiger partial charge in [0.05, 0.1) is 36.0 Å². The van der Waals surface area contributed by atoms with E-state index in [2.05, 4.69) is 49.2 Å². The summed E-state index contributed by atoms with van der Waals surface area (Å²) in [6, 6.07) is 20.2. The lowest BCUT2D eigenvalue weighted by Gasteiger charge is -2.28. The Balaban J connectivity index is 1.28. The van der Waals surface area contributed by atoms with Crippen LogP contribution in [0.15, 0.2) is 73.2 Å². The number of benzene rings is 2. The number of morpholine rings is 1. The van der Waals surface area contributed by atoms with E-state index in [1.54, 1.807) is 12.5 Å². The fourth-order valence-electron chi connectivity index (χ4n) is 4.48. The highest BCUT2D eigenvalue weighted by Crippen LogP contribution is 2.27. The van der Waals surface area contributed by atoms with Gasteiger partial charge in [-0.3, -0.25) is 4.57 Å². The van der Waals surface area contributed by atoms with Crippen molar-refractivity contribution in [2.45, 2.75) is 13.0 Å². The SMILES string of the molecule is C[C@H](Nc1nccc(-n2cnc3cc(-c4cc(N5CCOCC5)nc(N)n4)ccc32)n1)c1ccccc1. The number of nitrogens with one attached hydrogen (secondary N) is 1. The zero-order chi connectivity index (χ0) is 25.2. The average molecular weight is 494 g/mol. The molecule has 10 nitrogen and oxygen atoms in total. The first-order chi connectivity index (χ1) is 18.1. The Kier molecular flexibility index (Phi) is 6.07. The van der Waals surface area contributed by atoms with Crippen LogP contribution in [-0.4, -0.2) is 55.8 Å². The third-order valence-electron chi connectivity index (χ3n) is 6.44. The van der Waals surface area contributed by atoms with E-state index in [1.165, 1.54) is 5.56 Å². The summed E-state index contributed by atoms with van der Waals surface area (Å²) in [7, 11) is 0. The molecule has 0 aliphatic carbocycles. The number of nitrogens with zero attached hydrogens (tertiary/aromatic N) is 7. The highest BCUT2D eigenvalue weighted by atomic mass is 16.5. The van der Waals surface area contributed by atoms with E-state index in [9.17, 15) is 0 Å². The van der Waals surface area contributed by atoms with Crippen LogP contribution in [0.25, 0.3) is 28.1 Å². The lowest BCUT2D eigenvalue weighted by atomic mass is 10.1. The van der Waals surface area contributed by atoms with E-state index in [1.807, 2.05) is 53.1 Å². The molecule has 0 unspecified atom stereocenters. The molecule has 186 valence electrons. The van der Waals surface area contributed by atoms with Gasteiger partial charge in [-0.15, -0.1) is 0 Å². The summed E-state index contributed by atoms with van der Waals surface area (Å²) in [6.45, 7) is 4.99. The molecule has 10 heteroatoms. The maximum atomic E-state index is 6.06. The van der Waals surface area contributed by atoms with Crippen molar-refractivity contribution in [3.63, 3.8) is 0 Å². The lowest BCUT2D eigenvalue weighted by molar-refractivity contribution is 0.122. The fourth-order valence-corrected chi connectivity index (χ4v) is 4.48. The van der Waals surface area contributed by atoms with Crippen molar-refractivity contribution >= 4 is 28.7 Å². The van der Waals surface area contributed by atoms with Gasteiger partial charge in [0.1, 0.15) is 18.0 Å². The first-order valence-electron chi connectivity index (χ1n) is 12.2. The number of ether oxygens (including phenoxy) is 1. The second-order valence-electron chi connectivity index (χ2n) is 8.90. The van der Waals surface area contributed by atoms with Gasteiger partial charge in [0.25, 0.3) is 0 Å². The molecule has 5 aromatic rings. The molecule has 2 aromatic carbocycles. The summed E-state index contributed by atoms with van der Waals surface area (Å²) in [6.07, 6.45) is 3.52. The molecule has 4 heterocycles. The number of imidazole rings is 1. The largest absolute Gasteiger partial charge is 0.378 e. The number of anilines is 3. The summed E-state index contributed by atoms with van der Waals surface area (Å²) in [5.74, 6) is 2.34. The van der Waals surface area contributed by atoms with Gasteiger partial charge in [-0.1, -0.05) is 36.4 Å². The first kappa shape index (κ1) is 22.9. The molecule has 0 spiro atoms. The average Bonchev–Trinajstić information content (AvgIpc) is 3.37. The third kappa shape index (κ3) is 4.78. The van der Waals surface area contributed by atoms with Crippen LogP contribution in [0.3, 0.4) is 0 Å². The molecule has 0 saturated carbocycles. The van der Waals surface area contributed by atoms with E-state index < -0.39 is 0 Å². The molecule has 1 aliphatic heterocycles. The molecule has 3 aromatic heterocycles. The van der Waals surface area contributed by atoms with Crippen LogP contribution in [0.5, 0.6) is 0 Å². The van der Waals surface area contributed by atoms with E-state index in [0.29, 0.717) is 19.2 Å². The summed E-state index contributed by atoms with van der Waals surface area (Å²) < 4.78 is 7.41. The molecule has 1 atom stereocenters. The van der Waals surface area contributed by atoms with Crippen LogP contribution in [0.1, 0.15) is 18.5 Å². The van der Waals surface area contributed by atoms with E-state index in [0.717, 1.165) is 47.0 Å². The number of rotatable bonds is 6. The van der Waals surface area contributed by atoms with Crippen LogP contribution in [0.2, 0.25) is 0 Å². The van der Waals surface area contributed by atoms with Gasteiger partial charge < -0.3 is 20.7 Å². The van der Waals surface area contributed by atoms with Crippen LogP contribution in [-0.2, 0) is 4.74 Å². The van der Waals surface area contributed by atoms with Gasteiger partial charge in [-0.05, 0) is 30.7 Å². The molecule has 0 amide bonds. The molecule has 1 fully saturated rings. The number of aromatic nitrogens is 6. The summed E-state index contributed by atoms with van der Waals surface area (Å²) in [5, 5.41) is 3.38. The van der Waals surface area contributed by atoms with Crippen LogP contribution in [0.4, 0.5) is 17.7 Å². The Bertz CT molecular complexity index is 1530. The predicted octanol–water partition coefficient (Wildman–Crippen LogP) is 3.86. The van der Waals surface area contributed by atoms with Crippen molar-refractivity contribution in [1.82, 2.24) is 29.5 Å². The van der Waals surface area contributed by atoms with Crippen molar-refractivity contribution < 1.29 is 4.74 Å². The van der Waals surface area contributed by atoms with Crippen molar-refractivity contribution in [2.24, 2.45) is 0 Å². The summed E-state index contributed by atoms with van der Waals surface area (Å²) in [4.78, 5) is 24.9. The van der Waals surface area contributed by atoms with Gasteiger partial charge in [0.15, 0.2) is 0 Å². The van der Waals surface area contributed by atoms with Crippen molar-refractivity contribution in [3.05, 3.63) is 78.8 Å². The Morgan fingerprint density at radius 1 is 0.919 bits per heavy atom. The quantitative estimate of drug-likeness (QED) is 0.363. The van der Waals surface area contributed by atoms with Gasteiger partial charge in [-0.2, -0.15) is 9.97 Å². The summed E-state index contributed by atoms with van der Waals surface area (Å²) in [5.41, 5.74) is 10.7. The molecule has 0 radical (unpaired) electrons. The van der Waals surface area contributed by atoms with Gasteiger partial charge in [0, 0.05) is 30.9 Å². The standard InChI is InChI=1S/C27H27N9O/c1-18(19-5-3-2-4-6-19)31-27-29-10-9-24(34-27)36-17-30-22-15-20(7-8-23(22)36)21-16-25(33-26(28)32-21)35-11-13-37-14-12-35/h2-10,15-18H,11-14H2,1H3,(H2,28,32,33)(H,29,31,34)/t18-/m0/s1. The second kappa shape index (κ2) is 9.82. The fraction of sp³-hybridized carbons (Fsp3) is 0.222. The Labute approximate surface area is 214 Å². The topological polar surface area (TPSA) is 120 Å². The van der Waals surface area contributed by atoms with Crippen molar-refractivity contribution in [1.29, 1.82) is 0 Å². The van der Waals surface area contributed by atoms with Gasteiger partial charge in [0.2, 0.25) is 11.9 Å². The Morgan fingerprint density at radius 2 is 1.76 bits per heavy atom. The highest BCUT2D eigenvalue weighted by Gasteiger charge is 2.16. The molecule has 1 saturated heterocycles. The van der Waals surface area contributed by atoms with Crippen LogP contribution in [0, 0.1) is 0 Å². The van der Waals surface area contributed by atoms with Crippen LogP contribution < -0.4 is 16.0 Å². The van der Waals surface area contributed by atoms with E-state index in [4.69, 9.17) is 15.5 Å². The van der Waals surface area contributed by atoms with E-state index >= 15 is 0 Å². The Hall–Kier alpha value is -4.57. The number of nitrogens with two attached hydrogens (primary N) is 1. The molecule has 1 aliphatic rings. The van der Waals surface area contributed by atoms with Crippen molar-refractivity contribution in [2.75, 3.05) is 42.3 Å². The molecule has 0 bridgehead atoms. The predicted molar refractivity (Wildman–Crippen MR) is 144 cm³/mol. The van der Waals surface area contributed by atoms with E-state index in [-0.39, 0.29) is 12.0 Å². The number of hydrogen-bond donors (Lipinski definition) is 2. The molecule has 3 N–H and O–H groups in total. The zero-order valence-electron chi connectivity index (χ0n) is 20.5. The summed E-state index contributed by atoms with van der Waals surface area (Å²) >= 11 is 0. The number of fused-ring (bicyclic) bond motifs is 1. The van der Waals surface area contributed by atoms with Gasteiger partial charge in [-0.25, -0.2) is 15.0 Å². The van der Waals surface area contributed by atoms with Crippen molar-refractivity contribution in [3.8, 4) is 17.1 Å². The van der Waals surface area contributed by atoms with Gasteiger partial charge >= 0.3 is 0 Å². The monoisotopic (exact) mass is 493 g/mol. The maximum absolute atomic E-state index is 6.06. The Morgan fingerprint density at radius 3 is 2.59 bits per heavy atom. The zero-order valence-corrected chi connectivity index (χ0v) is 20.5. The molecule has 37 heavy (non-hydrogen) atoms. The highest BCUT2D eigenvalue weighted by molar-refractivity contribution is 5.83. The number of hydrogen-bond acceptors (Lipinski definition) is 9. The third-order valence-corrected chi connectivity index (χ3v) is 6.44. The minimum absolute atomic E-state index is 0.0705. The minimum Gasteiger partial charge on any atom is -0.378 e. The van der Waals surface area contributed by atoms with Crippen LogP contribution >= 0.6 is 0 Å². The molecular weight excluding hydrogens is 466 g/mol. The molecule has 6 rings (SSSR count).